The van der Waals surface area contributed by atoms with E-state index in [2.05, 4.69) is 15.3 Å². The highest BCUT2D eigenvalue weighted by Gasteiger charge is 2.29. The number of aromatic nitrogens is 2. The summed E-state index contributed by atoms with van der Waals surface area (Å²) in [6.45, 7) is 4.00. The van der Waals surface area contributed by atoms with Crippen molar-refractivity contribution in [1.29, 1.82) is 0 Å². The quantitative estimate of drug-likeness (QED) is 0.767. The minimum absolute atomic E-state index is 0.0786. The van der Waals surface area contributed by atoms with E-state index in [4.69, 9.17) is 4.74 Å². The molecule has 1 saturated heterocycles. The number of carbonyl (C=O) groups excluding carboxylic acids is 1. The van der Waals surface area contributed by atoms with Gasteiger partial charge in [-0.2, -0.15) is 0 Å². The molecule has 0 bridgehead atoms. The molecule has 1 amide bonds. The SMILES string of the molecule is CNCC(=O)N1CCOC[C@@H]1c1ncc(C)[nH]1. The Morgan fingerprint density at radius 1 is 1.76 bits per heavy atom. The molecule has 0 aromatic carbocycles. The average molecular weight is 238 g/mol. The summed E-state index contributed by atoms with van der Waals surface area (Å²) in [5.41, 5.74) is 0.992. The van der Waals surface area contributed by atoms with Crippen LogP contribution in [0.1, 0.15) is 17.6 Å². The van der Waals surface area contributed by atoms with Crippen molar-refractivity contribution in [3.05, 3.63) is 17.7 Å². The first-order chi connectivity index (χ1) is 8.22. The molecule has 0 saturated carbocycles. The van der Waals surface area contributed by atoms with Gasteiger partial charge in [-0.1, -0.05) is 0 Å². The maximum atomic E-state index is 12.0. The van der Waals surface area contributed by atoms with Crippen LogP contribution in [0.15, 0.2) is 6.20 Å². The van der Waals surface area contributed by atoms with Gasteiger partial charge in [-0.25, -0.2) is 4.98 Å². The van der Waals surface area contributed by atoms with E-state index in [0.29, 0.717) is 26.3 Å². The number of hydrogen-bond donors (Lipinski definition) is 2. The van der Waals surface area contributed by atoms with Gasteiger partial charge in [0.05, 0.1) is 19.8 Å². The smallest absolute Gasteiger partial charge is 0.237 e. The molecule has 94 valence electrons. The number of nitrogens with one attached hydrogen (secondary N) is 2. The second-order valence-electron chi connectivity index (χ2n) is 4.16. The average Bonchev–Trinajstić information content (AvgIpc) is 2.76. The van der Waals surface area contributed by atoms with Crippen LogP contribution in [-0.4, -0.2) is 54.1 Å². The van der Waals surface area contributed by atoms with Crippen LogP contribution in [0.25, 0.3) is 0 Å². The van der Waals surface area contributed by atoms with Gasteiger partial charge in [0, 0.05) is 18.4 Å². The number of nitrogens with zero attached hydrogens (tertiary/aromatic N) is 2. The van der Waals surface area contributed by atoms with Crippen molar-refractivity contribution in [3.8, 4) is 0 Å². The number of imidazole rings is 1. The van der Waals surface area contributed by atoms with E-state index in [1.807, 2.05) is 11.8 Å². The van der Waals surface area contributed by atoms with Crippen LogP contribution in [0, 0.1) is 6.92 Å². The summed E-state index contributed by atoms with van der Waals surface area (Å²) in [5.74, 6) is 0.876. The Morgan fingerprint density at radius 3 is 3.24 bits per heavy atom. The lowest BCUT2D eigenvalue weighted by molar-refractivity contribution is -0.139. The van der Waals surface area contributed by atoms with E-state index < -0.39 is 0 Å². The minimum Gasteiger partial charge on any atom is -0.377 e. The lowest BCUT2D eigenvalue weighted by Crippen LogP contribution is -2.46. The zero-order valence-electron chi connectivity index (χ0n) is 10.2. The predicted molar refractivity (Wildman–Crippen MR) is 62.5 cm³/mol. The third kappa shape index (κ3) is 2.65. The van der Waals surface area contributed by atoms with Crippen LogP contribution in [-0.2, 0) is 9.53 Å². The molecular formula is C11H18N4O2. The van der Waals surface area contributed by atoms with Gasteiger partial charge in [-0.05, 0) is 14.0 Å². The molecule has 1 aliphatic rings. The Bertz CT molecular complexity index is 391. The molecule has 0 spiro atoms. The van der Waals surface area contributed by atoms with Crippen molar-refractivity contribution >= 4 is 5.91 Å². The number of carbonyl (C=O) groups is 1. The van der Waals surface area contributed by atoms with Gasteiger partial charge in [0.15, 0.2) is 0 Å². The summed E-state index contributed by atoms with van der Waals surface area (Å²) in [5, 5.41) is 2.88. The first kappa shape index (κ1) is 12.1. The van der Waals surface area contributed by atoms with Crippen LogP contribution in [0.5, 0.6) is 0 Å². The Kier molecular flexibility index (Phi) is 3.75. The van der Waals surface area contributed by atoms with Crippen molar-refractivity contribution in [2.24, 2.45) is 0 Å². The molecule has 1 fully saturated rings. The van der Waals surface area contributed by atoms with E-state index in [9.17, 15) is 4.79 Å². The number of aromatic amines is 1. The van der Waals surface area contributed by atoms with Crippen LogP contribution >= 0.6 is 0 Å². The Balaban J connectivity index is 2.14. The summed E-state index contributed by atoms with van der Waals surface area (Å²) < 4.78 is 5.43. The summed E-state index contributed by atoms with van der Waals surface area (Å²) in [6, 6.07) is -0.0988. The first-order valence-corrected chi connectivity index (χ1v) is 5.75. The molecule has 2 heterocycles. The van der Waals surface area contributed by atoms with Crippen LogP contribution in [0.3, 0.4) is 0 Å². The fourth-order valence-electron chi connectivity index (χ4n) is 1.98. The lowest BCUT2D eigenvalue weighted by atomic mass is 10.2. The van der Waals surface area contributed by atoms with E-state index in [1.165, 1.54) is 0 Å². The standard InChI is InChI=1S/C11H18N4O2/c1-8-5-13-11(14-8)9-7-17-4-3-15(9)10(16)6-12-2/h5,9,12H,3-4,6-7H2,1-2H3,(H,13,14)/t9-/m1/s1. The molecule has 1 aromatic rings. The molecule has 1 aliphatic heterocycles. The molecule has 0 aliphatic carbocycles. The third-order valence-corrected chi connectivity index (χ3v) is 2.81. The number of rotatable bonds is 3. The zero-order chi connectivity index (χ0) is 12.3. The second kappa shape index (κ2) is 5.29. The number of H-pyrrole nitrogens is 1. The molecule has 0 unspecified atom stereocenters. The van der Waals surface area contributed by atoms with Crippen molar-refractivity contribution in [2.45, 2.75) is 13.0 Å². The molecule has 1 atom stereocenters. The predicted octanol–water partition coefficient (Wildman–Crippen LogP) is -0.163. The van der Waals surface area contributed by atoms with Crippen molar-refractivity contribution in [2.75, 3.05) is 33.4 Å². The van der Waals surface area contributed by atoms with Gasteiger partial charge >= 0.3 is 0 Å². The lowest BCUT2D eigenvalue weighted by Gasteiger charge is -2.34. The van der Waals surface area contributed by atoms with E-state index in [0.717, 1.165) is 11.5 Å². The van der Waals surface area contributed by atoms with Crippen LogP contribution < -0.4 is 5.32 Å². The normalized spacial score (nSPS) is 20.6. The highest BCUT2D eigenvalue weighted by molar-refractivity contribution is 5.78. The number of amides is 1. The van der Waals surface area contributed by atoms with E-state index >= 15 is 0 Å². The molecule has 0 radical (unpaired) electrons. The summed E-state index contributed by atoms with van der Waals surface area (Å²) in [4.78, 5) is 21.2. The third-order valence-electron chi connectivity index (χ3n) is 2.81. The van der Waals surface area contributed by atoms with Crippen LogP contribution in [0.4, 0.5) is 0 Å². The molecule has 6 heteroatoms. The van der Waals surface area contributed by atoms with Gasteiger partial charge in [0.2, 0.25) is 5.91 Å². The van der Waals surface area contributed by atoms with Crippen molar-refractivity contribution in [3.63, 3.8) is 0 Å². The Hall–Kier alpha value is -1.40. The monoisotopic (exact) mass is 238 g/mol. The molecule has 2 N–H and O–H groups in total. The van der Waals surface area contributed by atoms with E-state index in [1.54, 1.807) is 13.2 Å². The van der Waals surface area contributed by atoms with Crippen LogP contribution in [0.2, 0.25) is 0 Å². The highest BCUT2D eigenvalue weighted by atomic mass is 16.5. The Labute approximate surface area is 100 Å². The van der Waals surface area contributed by atoms with Gasteiger partial charge in [0.25, 0.3) is 0 Å². The van der Waals surface area contributed by atoms with Gasteiger partial charge in [-0.15, -0.1) is 0 Å². The summed E-state index contributed by atoms with van der Waals surface area (Å²) >= 11 is 0. The number of ether oxygens (including phenoxy) is 1. The Morgan fingerprint density at radius 2 is 2.59 bits per heavy atom. The number of likely N-dealkylation sites (N-methyl/N-ethyl adjacent to an activating group) is 1. The largest absolute Gasteiger partial charge is 0.377 e. The number of aryl methyl sites for hydroxylation is 1. The number of hydrogen-bond acceptors (Lipinski definition) is 4. The maximum Gasteiger partial charge on any atom is 0.237 e. The summed E-state index contributed by atoms with van der Waals surface area (Å²) in [6.07, 6.45) is 1.77. The first-order valence-electron chi connectivity index (χ1n) is 5.75. The van der Waals surface area contributed by atoms with Crippen molar-refractivity contribution in [1.82, 2.24) is 20.2 Å². The molecular weight excluding hydrogens is 220 g/mol. The topological polar surface area (TPSA) is 70.2 Å². The minimum atomic E-state index is -0.0988. The second-order valence-corrected chi connectivity index (χ2v) is 4.16. The van der Waals surface area contributed by atoms with Gasteiger partial charge < -0.3 is 19.9 Å². The van der Waals surface area contributed by atoms with Crippen molar-refractivity contribution < 1.29 is 9.53 Å². The fraction of sp³-hybridized carbons (Fsp3) is 0.636. The molecule has 6 nitrogen and oxygen atoms in total. The highest BCUT2D eigenvalue weighted by Crippen LogP contribution is 2.21. The maximum absolute atomic E-state index is 12.0. The zero-order valence-corrected chi connectivity index (χ0v) is 10.2. The molecule has 17 heavy (non-hydrogen) atoms. The molecule has 1 aromatic heterocycles. The molecule has 2 rings (SSSR count). The summed E-state index contributed by atoms with van der Waals surface area (Å²) in [7, 11) is 1.77. The fourth-order valence-corrected chi connectivity index (χ4v) is 1.98. The van der Waals surface area contributed by atoms with Gasteiger partial charge in [0.1, 0.15) is 11.9 Å². The van der Waals surface area contributed by atoms with Gasteiger partial charge in [-0.3, -0.25) is 4.79 Å². The van der Waals surface area contributed by atoms with E-state index in [-0.39, 0.29) is 11.9 Å². The number of morpholine rings is 1.